The number of rotatable bonds is 9. The molecule has 0 saturated heterocycles. The molecule has 1 aromatic heterocycles. The number of hydrogen-bond donors (Lipinski definition) is 0. The Hall–Kier alpha value is -8.98. The van der Waals surface area contributed by atoms with Gasteiger partial charge in [-0.1, -0.05) is 218 Å². The highest BCUT2D eigenvalue weighted by molar-refractivity contribution is 6.10. The number of benzene rings is 11. The molecule has 12 aromatic rings. The van der Waals surface area contributed by atoms with Crippen LogP contribution in [0.2, 0.25) is 0 Å². The van der Waals surface area contributed by atoms with Crippen LogP contribution < -0.4 is 4.90 Å². The summed E-state index contributed by atoms with van der Waals surface area (Å²) in [6.07, 6.45) is 0. The average Bonchev–Trinajstić information content (AvgIpc) is 3.92. The van der Waals surface area contributed by atoms with Crippen molar-refractivity contribution in [3.63, 3.8) is 0 Å². The minimum atomic E-state index is -0.451. The van der Waals surface area contributed by atoms with Gasteiger partial charge in [0.1, 0.15) is 0 Å². The van der Waals surface area contributed by atoms with Gasteiger partial charge in [0, 0.05) is 33.5 Å². The molecule has 1 aliphatic carbocycles. The third-order valence-corrected chi connectivity index (χ3v) is 14.3. The van der Waals surface area contributed by atoms with E-state index in [1.807, 2.05) is 0 Å². The van der Waals surface area contributed by atoms with Crippen LogP contribution >= 0.6 is 0 Å². The molecule has 0 atom stereocenters. The van der Waals surface area contributed by atoms with Gasteiger partial charge in [-0.15, -0.1) is 0 Å². The molecule has 2 heteroatoms. The van der Waals surface area contributed by atoms with Crippen LogP contribution in [0.15, 0.2) is 279 Å². The molecule has 69 heavy (non-hydrogen) atoms. The molecule has 0 aliphatic heterocycles. The molecular weight excluding hydrogens is 833 g/mol. The van der Waals surface area contributed by atoms with Gasteiger partial charge in [0.25, 0.3) is 0 Å². The molecular formula is C67H46N2. The van der Waals surface area contributed by atoms with Gasteiger partial charge in [-0.05, 0) is 127 Å². The van der Waals surface area contributed by atoms with E-state index in [0.29, 0.717) is 0 Å². The van der Waals surface area contributed by atoms with E-state index in [-0.39, 0.29) is 0 Å². The summed E-state index contributed by atoms with van der Waals surface area (Å²) >= 11 is 0. The van der Waals surface area contributed by atoms with Crippen LogP contribution in [0.5, 0.6) is 0 Å². The smallest absolute Gasteiger partial charge is 0.0713 e. The highest BCUT2D eigenvalue weighted by Crippen LogP contribution is 2.56. The molecule has 0 radical (unpaired) electrons. The Bertz CT molecular complexity index is 3680. The molecule has 2 nitrogen and oxygen atoms in total. The lowest BCUT2D eigenvalue weighted by Crippen LogP contribution is -2.28. The van der Waals surface area contributed by atoms with Gasteiger partial charge in [0.15, 0.2) is 0 Å². The zero-order valence-corrected chi connectivity index (χ0v) is 38.0. The number of para-hydroxylation sites is 1. The molecule has 0 fully saturated rings. The maximum Gasteiger partial charge on any atom is 0.0713 e. The van der Waals surface area contributed by atoms with Gasteiger partial charge in [-0.25, -0.2) is 0 Å². The Morgan fingerprint density at radius 2 is 0.754 bits per heavy atom. The molecule has 0 N–H and O–H groups in total. The van der Waals surface area contributed by atoms with Crippen molar-refractivity contribution in [2.45, 2.75) is 5.41 Å². The molecule has 0 saturated carbocycles. The van der Waals surface area contributed by atoms with Gasteiger partial charge < -0.3 is 9.47 Å². The quantitative estimate of drug-likeness (QED) is 0.140. The standard InChI is InChI=1S/C67H46N2/c1-5-18-47(19-6-1)49-32-37-55(38-33-49)68(56-39-34-50(35-40-56)48-20-7-2-8-21-48)57-27-17-22-51(44-57)52-36-42-61-60-29-14-16-31-65(60)69(66(61)45-52)58-41-43-64-62(46-58)59-28-13-15-30-63(59)67(64,53-23-9-3-10-24-53)54-25-11-4-12-26-54/h1-46H. The van der Waals surface area contributed by atoms with Gasteiger partial charge in [-0.3, -0.25) is 0 Å². The second kappa shape index (κ2) is 16.7. The fourth-order valence-corrected chi connectivity index (χ4v) is 11.1. The van der Waals surface area contributed by atoms with E-state index in [1.165, 1.54) is 77.4 Å². The number of anilines is 3. The lowest BCUT2D eigenvalue weighted by atomic mass is 9.68. The SMILES string of the molecule is c1ccc(-c2ccc(N(c3ccc(-c4ccccc4)cc3)c3cccc(-c4ccc5c6ccccc6n(-c6ccc7c(c6)-c6ccccc6C7(c6ccccc6)c6ccccc6)c5c4)c3)cc2)cc1. The summed E-state index contributed by atoms with van der Waals surface area (Å²) in [4.78, 5) is 2.37. The van der Waals surface area contributed by atoms with Crippen LogP contribution in [0.1, 0.15) is 22.3 Å². The largest absolute Gasteiger partial charge is 0.310 e. The monoisotopic (exact) mass is 878 g/mol. The van der Waals surface area contributed by atoms with Crippen LogP contribution in [0.4, 0.5) is 17.1 Å². The van der Waals surface area contributed by atoms with Crippen LogP contribution in [0, 0.1) is 0 Å². The van der Waals surface area contributed by atoms with Gasteiger partial charge in [0.05, 0.1) is 16.4 Å². The second-order valence-corrected chi connectivity index (χ2v) is 18.1. The normalized spacial score (nSPS) is 12.5. The second-order valence-electron chi connectivity index (χ2n) is 18.1. The first kappa shape index (κ1) is 40.3. The highest BCUT2D eigenvalue weighted by Gasteiger charge is 2.46. The van der Waals surface area contributed by atoms with Crippen LogP contribution in [0.3, 0.4) is 0 Å². The Balaban J connectivity index is 0.947. The van der Waals surface area contributed by atoms with Gasteiger partial charge in [0.2, 0.25) is 0 Å². The number of fused-ring (bicyclic) bond motifs is 6. The lowest BCUT2D eigenvalue weighted by Gasteiger charge is -2.33. The first-order valence-corrected chi connectivity index (χ1v) is 23.8. The average molecular weight is 879 g/mol. The van der Waals surface area contributed by atoms with E-state index in [0.717, 1.165) is 33.9 Å². The zero-order chi connectivity index (χ0) is 45.7. The molecule has 1 aliphatic rings. The van der Waals surface area contributed by atoms with Gasteiger partial charge >= 0.3 is 0 Å². The third-order valence-electron chi connectivity index (χ3n) is 14.3. The van der Waals surface area contributed by atoms with Crippen molar-refractivity contribution in [2.75, 3.05) is 4.90 Å². The molecule has 0 amide bonds. The van der Waals surface area contributed by atoms with Crippen molar-refractivity contribution in [1.29, 1.82) is 0 Å². The Kier molecular flexibility index (Phi) is 9.77. The molecule has 0 spiro atoms. The van der Waals surface area contributed by atoms with Crippen molar-refractivity contribution < 1.29 is 0 Å². The van der Waals surface area contributed by atoms with Crippen molar-refractivity contribution >= 4 is 38.9 Å². The lowest BCUT2D eigenvalue weighted by molar-refractivity contribution is 0.768. The Morgan fingerprint density at radius 3 is 1.39 bits per heavy atom. The van der Waals surface area contributed by atoms with E-state index in [9.17, 15) is 0 Å². The summed E-state index contributed by atoms with van der Waals surface area (Å²) in [5.41, 5.74) is 21.1. The summed E-state index contributed by atoms with van der Waals surface area (Å²) < 4.78 is 2.47. The predicted molar refractivity (Wildman–Crippen MR) is 289 cm³/mol. The van der Waals surface area contributed by atoms with E-state index >= 15 is 0 Å². The topological polar surface area (TPSA) is 8.17 Å². The summed E-state index contributed by atoms with van der Waals surface area (Å²) in [7, 11) is 0. The molecule has 13 rings (SSSR count). The van der Waals surface area contributed by atoms with Crippen LogP contribution in [-0.4, -0.2) is 4.57 Å². The number of aromatic nitrogens is 1. The minimum Gasteiger partial charge on any atom is -0.310 e. The molecule has 324 valence electrons. The van der Waals surface area contributed by atoms with Crippen LogP contribution in [-0.2, 0) is 5.41 Å². The molecule has 11 aromatic carbocycles. The van der Waals surface area contributed by atoms with Crippen molar-refractivity contribution in [1.82, 2.24) is 4.57 Å². The molecule has 0 unspecified atom stereocenters. The fraction of sp³-hybridized carbons (Fsp3) is 0.0149. The van der Waals surface area contributed by atoms with Gasteiger partial charge in [-0.2, -0.15) is 0 Å². The fourth-order valence-electron chi connectivity index (χ4n) is 11.1. The van der Waals surface area contributed by atoms with E-state index in [2.05, 4.69) is 289 Å². The Labute approximate surface area is 403 Å². The minimum absolute atomic E-state index is 0.451. The Morgan fingerprint density at radius 1 is 0.275 bits per heavy atom. The number of nitrogens with zero attached hydrogens (tertiary/aromatic N) is 2. The molecule has 0 bridgehead atoms. The summed E-state index contributed by atoms with van der Waals surface area (Å²) in [5, 5.41) is 2.47. The highest BCUT2D eigenvalue weighted by atomic mass is 15.1. The van der Waals surface area contributed by atoms with E-state index < -0.39 is 5.41 Å². The maximum atomic E-state index is 2.47. The number of hydrogen-bond acceptors (Lipinski definition) is 1. The molecule has 1 heterocycles. The zero-order valence-electron chi connectivity index (χ0n) is 38.0. The third kappa shape index (κ3) is 6.72. The van der Waals surface area contributed by atoms with Crippen molar-refractivity contribution in [3.05, 3.63) is 301 Å². The van der Waals surface area contributed by atoms with Crippen molar-refractivity contribution in [3.8, 4) is 50.2 Å². The van der Waals surface area contributed by atoms with E-state index in [1.54, 1.807) is 0 Å². The van der Waals surface area contributed by atoms with Crippen molar-refractivity contribution in [2.24, 2.45) is 0 Å². The summed E-state index contributed by atoms with van der Waals surface area (Å²) in [6, 6.07) is 102. The van der Waals surface area contributed by atoms with Crippen LogP contribution in [0.25, 0.3) is 72.0 Å². The summed E-state index contributed by atoms with van der Waals surface area (Å²) in [6.45, 7) is 0. The van der Waals surface area contributed by atoms with E-state index in [4.69, 9.17) is 0 Å². The predicted octanol–water partition coefficient (Wildman–Crippen LogP) is 17.6. The first-order chi connectivity index (χ1) is 34.2. The maximum absolute atomic E-state index is 2.47. The first-order valence-electron chi connectivity index (χ1n) is 23.8. The summed E-state index contributed by atoms with van der Waals surface area (Å²) in [5.74, 6) is 0.